The molecule has 1 unspecified atom stereocenters. The highest BCUT2D eigenvalue weighted by Crippen LogP contribution is 2.37. The van der Waals surface area contributed by atoms with Crippen molar-refractivity contribution >= 4 is 34.0 Å². The lowest BCUT2D eigenvalue weighted by Crippen LogP contribution is -2.14. The molecular weight excluding hydrogens is 312 g/mol. The second-order valence-electron chi connectivity index (χ2n) is 3.69. The Morgan fingerprint density at radius 2 is 2.00 bits per heavy atom. The second-order valence-corrected chi connectivity index (χ2v) is 5.63. The van der Waals surface area contributed by atoms with Gasteiger partial charge in [-0.15, -0.1) is 0 Å². The standard InChI is InChI=1S/C11H11ClO7S/c1-6(14)19-10-4-8(12)7(3-9(10)18-2)11(5-13)20(15,16)17/h3-5,11H,1-2H3,(H,15,16,17). The summed E-state index contributed by atoms with van der Waals surface area (Å²) in [5.74, 6) is -0.669. The molecule has 0 aliphatic carbocycles. The molecule has 7 nitrogen and oxygen atoms in total. The predicted octanol–water partition coefficient (Wildman–Crippen LogP) is 1.40. The number of methoxy groups -OCH3 is 1. The van der Waals surface area contributed by atoms with Gasteiger partial charge in [0.1, 0.15) is 6.29 Å². The van der Waals surface area contributed by atoms with Crippen molar-refractivity contribution in [2.24, 2.45) is 0 Å². The molecule has 0 heterocycles. The number of aldehydes is 1. The fourth-order valence-corrected chi connectivity index (χ4v) is 2.46. The minimum atomic E-state index is -4.67. The minimum Gasteiger partial charge on any atom is -0.493 e. The molecule has 9 heteroatoms. The first-order chi connectivity index (χ1) is 9.20. The third-order valence-electron chi connectivity index (χ3n) is 2.29. The quantitative estimate of drug-likeness (QED) is 0.378. The lowest BCUT2D eigenvalue weighted by atomic mass is 10.1. The highest BCUT2D eigenvalue weighted by atomic mass is 35.5. The maximum Gasteiger partial charge on any atom is 0.308 e. The first-order valence-corrected chi connectivity index (χ1v) is 7.06. The first kappa shape index (κ1) is 16.4. The highest BCUT2D eigenvalue weighted by molar-refractivity contribution is 7.86. The van der Waals surface area contributed by atoms with E-state index in [1.165, 1.54) is 7.11 Å². The van der Waals surface area contributed by atoms with Crippen molar-refractivity contribution in [2.75, 3.05) is 7.11 Å². The van der Waals surface area contributed by atoms with Crippen molar-refractivity contribution in [3.63, 3.8) is 0 Å². The Hall–Kier alpha value is -1.64. The summed E-state index contributed by atoms with van der Waals surface area (Å²) in [6.45, 7) is 1.16. The van der Waals surface area contributed by atoms with E-state index in [9.17, 15) is 18.0 Å². The fraction of sp³-hybridized carbons (Fsp3) is 0.273. The number of ether oxygens (including phenoxy) is 2. The van der Waals surface area contributed by atoms with Gasteiger partial charge >= 0.3 is 5.97 Å². The van der Waals surface area contributed by atoms with Crippen LogP contribution >= 0.6 is 11.6 Å². The molecular formula is C11H11ClO7S. The van der Waals surface area contributed by atoms with Gasteiger partial charge in [-0.3, -0.25) is 9.35 Å². The van der Waals surface area contributed by atoms with Gasteiger partial charge in [0.05, 0.1) is 7.11 Å². The number of carbonyl (C=O) groups excluding carboxylic acids is 2. The molecule has 0 radical (unpaired) electrons. The van der Waals surface area contributed by atoms with Crippen LogP contribution in [-0.4, -0.2) is 32.3 Å². The smallest absolute Gasteiger partial charge is 0.308 e. The Labute approximate surface area is 120 Å². The van der Waals surface area contributed by atoms with Gasteiger partial charge in [-0.1, -0.05) is 11.6 Å². The van der Waals surface area contributed by atoms with Crippen molar-refractivity contribution < 1.29 is 32.0 Å². The Balaban J connectivity index is 3.44. The van der Waals surface area contributed by atoms with Crippen LogP contribution in [0.4, 0.5) is 0 Å². The van der Waals surface area contributed by atoms with Crippen molar-refractivity contribution in [2.45, 2.75) is 12.2 Å². The minimum absolute atomic E-state index is 0.00454. The van der Waals surface area contributed by atoms with Crippen LogP contribution in [0.5, 0.6) is 11.5 Å². The van der Waals surface area contributed by atoms with Crippen LogP contribution in [-0.2, 0) is 19.7 Å². The molecule has 110 valence electrons. The molecule has 1 atom stereocenters. The molecule has 0 saturated heterocycles. The van der Waals surface area contributed by atoms with Crippen molar-refractivity contribution in [1.82, 2.24) is 0 Å². The molecule has 0 aliphatic rings. The van der Waals surface area contributed by atoms with Crippen LogP contribution < -0.4 is 9.47 Å². The molecule has 0 fully saturated rings. The number of carbonyl (C=O) groups is 2. The van der Waals surface area contributed by atoms with Gasteiger partial charge < -0.3 is 14.3 Å². The normalized spacial score (nSPS) is 12.6. The monoisotopic (exact) mass is 322 g/mol. The van der Waals surface area contributed by atoms with Gasteiger partial charge in [-0.2, -0.15) is 8.42 Å². The van der Waals surface area contributed by atoms with Crippen LogP contribution in [0.3, 0.4) is 0 Å². The predicted molar refractivity (Wildman–Crippen MR) is 69.7 cm³/mol. The zero-order valence-corrected chi connectivity index (χ0v) is 12.1. The molecule has 1 aromatic carbocycles. The van der Waals surface area contributed by atoms with Gasteiger partial charge in [0.15, 0.2) is 16.7 Å². The average molecular weight is 323 g/mol. The molecule has 0 saturated carbocycles. The van der Waals surface area contributed by atoms with Gasteiger partial charge in [0.2, 0.25) is 0 Å². The SMILES string of the molecule is COc1cc(C(C=O)S(=O)(=O)O)c(Cl)cc1OC(C)=O. The summed E-state index contributed by atoms with van der Waals surface area (Å²) >= 11 is 5.84. The van der Waals surface area contributed by atoms with Crippen LogP contribution in [0.1, 0.15) is 17.7 Å². The summed E-state index contributed by atoms with van der Waals surface area (Å²) < 4.78 is 41.0. The number of benzene rings is 1. The number of esters is 1. The van der Waals surface area contributed by atoms with E-state index in [4.69, 9.17) is 25.6 Å². The number of hydrogen-bond acceptors (Lipinski definition) is 6. The lowest BCUT2D eigenvalue weighted by Gasteiger charge is -2.14. The summed E-state index contributed by atoms with van der Waals surface area (Å²) in [5.41, 5.74) is -0.183. The molecule has 1 rings (SSSR count). The van der Waals surface area contributed by atoms with E-state index in [0.29, 0.717) is 0 Å². The highest BCUT2D eigenvalue weighted by Gasteiger charge is 2.28. The molecule has 0 aromatic heterocycles. The van der Waals surface area contributed by atoms with E-state index < -0.39 is 21.3 Å². The van der Waals surface area contributed by atoms with Crippen LogP contribution in [0.15, 0.2) is 12.1 Å². The summed E-state index contributed by atoms with van der Waals surface area (Å²) in [6, 6.07) is 2.23. The van der Waals surface area contributed by atoms with E-state index in [-0.39, 0.29) is 28.4 Å². The Kier molecular flexibility index (Phi) is 5.09. The Morgan fingerprint density at radius 1 is 1.40 bits per heavy atom. The van der Waals surface area contributed by atoms with E-state index in [1.54, 1.807) is 0 Å². The molecule has 1 aromatic rings. The topological polar surface area (TPSA) is 107 Å². The van der Waals surface area contributed by atoms with Gasteiger partial charge in [-0.25, -0.2) is 0 Å². The zero-order valence-electron chi connectivity index (χ0n) is 10.5. The average Bonchev–Trinajstić information content (AvgIpc) is 2.30. The fourth-order valence-electron chi connectivity index (χ4n) is 1.47. The third-order valence-corrected chi connectivity index (χ3v) is 3.62. The summed E-state index contributed by atoms with van der Waals surface area (Å²) in [4.78, 5) is 21.8. The number of halogens is 1. The van der Waals surface area contributed by atoms with Gasteiger partial charge in [0, 0.05) is 23.6 Å². The number of rotatable bonds is 5. The van der Waals surface area contributed by atoms with Crippen LogP contribution in [0.2, 0.25) is 5.02 Å². The molecule has 0 aliphatic heterocycles. The van der Waals surface area contributed by atoms with Gasteiger partial charge in [0.25, 0.3) is 10.1 Å². The summed E-state index contributed by atoms with van der Waals surface area (Å²) in [6.07, 6.45) is 0.0293. The molecule has 1 N–H and O–H groups in total. The van der Waals surface area contributed by atoms with Crippen molar-refractivity contribution in [1.29, 1.82) is 0 Å². The summed E-state index contributed by atoms with van der Waals surface area (Å²) in [5, 5.41) is -2.02. The van der Waals surface area contributed by atoms with Crippen molar-refractivity contribution in [3.8, 4) is 11.5 Å². The number of hydrogen-bond donors (Lipinski definition) is 1. The van der Waals surface area contributed by atoms with E-state index >= 15 is 0 Å². The lowest BCUT2D eigenvalue weighted by molar-refractivity contribution is -0.132. The second kappa shape index (κ2) is 6.21. The van der Waals surface area contributed by atoms with Gasteiger partial charge in [-0.05, 0) is 6.07 Å². The molecule has 0 amide bonds. The maximum absolute atomic E-state index is 11.1. The largest absolute Gasteiger partial charge is 0.493 e. The van der Waals surface area contributed by atoms with Crippen LogP contribution in [0, 0.1) is 0 Å². The van der Waals surface area contributed by atoms with E-state index in [0.717, 1.165) is 19.1 Å². The maximum atomic E-state index is 11.1. The zero-order chi connectivity index (χ0) is 15.5. The molecule has 0 spiro atoms. The van der Waals surface area contributed by atoms with Crippen LogP contribution in [0.25, 0.3) is 0 Å². The Bertz CT molecular complexity index is 638. The van der Waals surface area contributed by atoms with E-state index in [2.05, 4.69) is 0 Å². The first-order valence-electron chi connectivity index (χ1n) is 5.18. The van der Waals surface area contributed by atoms with Crippen molar-refractivity contribution in [3.05, 3.63) is 22.7 Å². The summed E-state index contributed by atoms with van der Waals surface area (Å²) in [7, 11) is -3.41. The molecule has 0 bridgehead atoms. The van der Waals surface area contributed by atoms with E-state index in [1.807, 2.05) is 0 Å². The Morgan fingerprint density at radius 3 is 2.40 bits per heavy atom. The molecule has 20 heavy (non-hydrogen) atoms. The third kappa shape index (κ3) is 3.69.